The zero-order valence-corrected chi connectivity index (χ0v) is 23.8. The van der Waals surface area contributed by atoms with Gasteiger partial charge in [-0.3, -0.25) is 0 Å². The van der Waals surface area contributed by atoms with E-state index in [1.165, 1.54) is 19.3 Å². The smallest absolute Gasteiger partial charge is 0.336 e. The van der Waals surface area contributed by atoms with Crippen LogP contribution in [0.4, 0.5) is 0 Å². The molecular formula is C31H43NO6. The number of benzene rings is 1. The van der Waals surface area contributed by atoms with Crippen molar-refractivity contribution in [1.82, 2.24) is 5.32 Å². The second-order valence-corrected chi connectivity index (χ2v) is 9.44. The number of hydrogen-bond donors (Lipinski definition) is 1. The maximum absolute atomic E-state index is 13.1. The summed E-state index contributed by atoms with van der Waals surface area (Å²) in [6.07, 6.45) is 8.42. The largest absolute Gasteiger partial charge is 0.463 e. The van der Waals surface area contributed by atoms with Crippen LogP contribution in [0.2, 0.25) is 0 Å². The minimum atomic E-state index is -0.728. The summed E-state index contributed by atoms with van der Waals surface area (Å²) in [6, 6.07) is 7.41. The van der Waals surface area contributed by atoms with Gasteiger partial charge >= 0.3 is 17.9 Å². The molecule has 1 heterocycles. The molecule has 0 spiro atoms. The molecule has 0 saturated carbocycles. The van der Waals surface area contributed by atoms with Crippen molar-refractivity contribution in [2.24, 2.45) is 0 Å². The third-order valence-corrected chi connectivity index (χ3v) is 6.48. The van der Waals surface area contributed by atoms with Crippen LogP contribution in [0.15, 0.2) is 52.4 Å². The average molecular weight is 526 g/mol. The predicted octanol–water partition coefficient (Wildman–Crippen LogP) is 6.35. The second-order valence-electron chi connectivity index (χ2n) is 9.44. The molecule has 1 aliphatic rings. The summed E-state index contributed by atoms with van der Waals surface area (Å²) in [4.78, 5) is 38.9. The van der Waals surface area contributed by atoms with Gasteiger partial charge in [0.05, 0.1) is 36.9 Å². The Morgan fingerprint density at radius 2 is 1.37 bits per heavy atom. The SMILES string of the molecule is CCCCCCCCOC(=O)/C(C)=C\c1ccccc1C1C(C(=O)OCC)=C(C)NC(C)=C1C(=O)OCC. The van der Waals surface area contributed by atoms with Crippen molar-refractivity contribution >= 4 is 24.0 Å². The van der Waals surface area contributed by atoms with Gasteiger partial charge in [-0.15, -0.1) is 0 Å². The lowest BCUT2D eigenvalue weighted by Gasteiger charge is -2.31. The van der Waals surface area contributed by atoms with Crippen molar-refractivity contribution < 1.29 is 28.6 Å². The molecule has 1 aromatic carbocycles. The van der Waals surface area contributed by atoms with Gasteiger partial charge in [0.1, 0.15) is 0 Å². The molecule has 7 heteroatoms. The standard InChI is InChI=1S/C31H43NO6/c1-7-10-11-12-13-16-19-38-29(33)21(4)20-24-17-14-15-18-25(24)28-26(30(34)36-8-2)22(5)32-23(6)27(28)31(35)37-9-3/h14-15,17-18,20,28,32H,7-13,16,19H2,1-6H3/b21-20-. The Bertz CT molecular complexity index is 1040. The molecule has 7 nitrogen and oxygen atoms in total. The number of esters is 3. The molecule has 0 saturated heterocycles. The third-order valence-electron chi connectivity index (χ3n) is 6.48. The van der Waals surface area contributed by atoms with Crippen LogP contribution in [-0.2, 0) is 28.6 Å². The lowest BCUT2D eigenvalue weighted by Crippen LogP contribution is -2.32. The van der Waals surface area contributed by atoms with Gasteiger partial charge in [0.25, 0.3) is 0 Å². The van der Waals surface area contributed by atoms with Crippen LogP contribution in [0.3, 0.4) is 0 Å². The third kappa shape index (κ3) is 8.33. The first-order valence-corrected chi connectivity index (χ1v) is 13.7. The van der Waals surface area contributed by atoms with Crippen molar-refractivity contribution in [2.75, 3.05) is 19.8 Å². The Balaban J connectivity index is 2.40. The van der Waals surface area contributed by atoms with Crippen molar-refractivity contribution in [1.29, 1.82) is 0 Å². The monoisotopic (exact) mass is 525 g/mol. The van der Waals surface area contributed by atoms with Gasteiger partial charge in [-0.2, -0.15) is 0 Å². The van der Waals surface area contributed by atoms with E-state index in [9.17, 15) is 14.4 Å². The fraction of sp³-hybridized carbons (Fsp3) is 0.516. The summed E-state index contributed by atoms with van der Waals surface area (Å²) >= 11 is 0. The summed E-state index contributed by atoms with van der Waals surface area (Å²) in [5.74, 6) is -2.13. The maximum atomic E-state index is 13.1. The molecule has 2 rings (SSSR count). The second kappa shape index (κ2) is 15.8. The molecule has 0 atom stereocenters. The molecular weight excluding hydrogens is 482 g/mol. The van der Waals surface area contributed by atoms with Gasteiger partial charge in [-0.25, -0.2) is 14.4 Å². The van der Waals surface area contributed by atoms with Crippen LogP contribution >= 0.6 is 0 Å². The molecule has 38 heavy (non-hydrogen) atoms. The van der Waals surface area contributed by atoms with Gasteiger partial charge < -0.3 is 19.5 Å². The van der Waals surface area contributed by atoms with Crippen LogP contribution in [0.25, 0.3) is 6.08 Å². The predicted molar refractivity (Wildman–Crippen MR) is 149 cm³/mol. The molecule has 0 unspecified atom stereocenters. The van der Waals surface area contributed by atoms with E-state index in [0.717, 1.165) is 19.3 Å². The number of rotatable bonds is 14. The number of nitrogens with one attached hydrogen (secondary N) is 1. The summed E-state index contributed by atoms with van der Waals surface area (Å²) in [6.45, 7) is 11.7. The van der Waals surface area contributed by atoms with Crippen molar-refractivity contribution in [3.8, 4) is 0 Å². The van der Waals surface area contributed by atoms with Gasteiger partial charge in [-0.05, 0) is 58.2 Å². The highest BCUT2D eigenvalue weighted by Gasteiger charge is 2.38. The summed E-state index contributed by atoms with van der Waals surface area (Å²) in [5, 5.41) is 3.15. The number of allylic oxidation sites excluding steroid dienone is 2. The summed E-state index contributed by atoms with van der Waals surface area (Å²) in [7, 11) is 0. The van der Waals surface area contributed by atoms with Gasteiger partial charge in [0.2, 0.25) is 0 Å². The van der Waals surface area contributed by atoms with E-state index >= 15 is 0 Å². The number of carbonyl (C=O) groups excluding carboxylic acids is 3. The first-order chi connectivity index (χ1) is 18.3. The molecule has 1 aliphatic heterocycles. The number of hydrogen-bond acceptors (Lipinski definition) is 7. The van der Waals surface area contributed by atoms with E-state index in [2.05, 4.69) is 12.2 Å². The van der Waals surface area contributed by atoms with Crippen LogP contribution < -0.4 is 5.32 Å². The van der Waals surface area contributed by atoms with Crippen LogP contribution in [0.5, 0.6) is 0 Å². The number of ether oxygens (including phenoxy) is 3. The normalized spacial score (nSPS) is 14.3. The molecule has 0 bridgehead atoms. The zero-order chi connectivity index (χ0) is 28.1. The van der Waals surface area contributed by atoms with Crippen LogP contribution in [0, 0.1) is 0 Å². The van der Waals surface area contributed by atoms with E-state index in [-0.39, 0.29) is 19.2 Å². The first-order valence-electron chi connectivity index (χ1n) is 13.7. The Kier molecular flexibility index (Phi) is 12.8. The minimum Gasteiger partial charge on any atom is -0.463 e. The summed E-state index contributed by atoms with van der Waals surface area (Å²) in [5.41, 5.74) is 3.73. The van der Waals surface area contributed by atoms with E-state index in [1.54, 1.807) is 40.7 Å². The quantitative estimate of drug-likeness (QED) is 0.131. The average Bonchev–Trinajstić information content (AvgIpc) is 2.88. The Hall–Kier alpha value is -3.35. The first kappa shape index (κ1) is 30.9. The highest BCUT2D eigenvalue weighted by atomic mass is 16.5. The molecule has 0 aliphatic carbocycles. The topological polar surface area (TPSA) is 90.9 Å². The zero-order valence-electron chi connectivity index (χ0n) is 23.8. The molecule has 0 radical (unpaired) electrons. The van der Waals surface area contributed by atoms with Gasteiger partial charge in [-0.1, -0.05) is 63.3 Å². The fourth-order valence-electron chi connectivity index (χ4n) is 4.62. The summed E-state index contributed by atoms with van der Waals surface area (Å²) < 4.78 is 16.2. The molecule has 1 N–H and O–H groups in total. The van der Waals surface area contributed by atoms with E-state index in [1.807, 2.05) is 24.3 Å². The molecule has 208 valence electrons. The van der Waals surface area contributed by atoms with E-state index in [0.29, 0.717) is 45.8 Å². The van der Waals surface area contributed by atoms with Crippen molar-refractivity contribution in [3.63, 3.8) is 0 Å². The number of carbonyl (C=O) groups is 3. The highest BCUT2D eigenvalue weighted by Crippen LogP contribution is 2.41. The lowest BCUT2D eigenvalue weighted by atomic mass is 9.78. The molecule has 1 aromatic rings. The van der Waals surface area contributed by atoms with Gasteiger partial charge in [0, 0.05) is 17.0 Å². The van der Waals surface area contributed by atoms with Crippen molar-refractivity contribution in [2.45, 2.75) is 86.0 Å². The fourth-order valence-corrected chi connectivity index (χ4v) is 4.62. The molecule has 0 aromatic heterocycles. The Labute approximate surface area is 227 Å². The lowest BCUT2D eigenvalue weighted by molar-refractivity contribution is -0.140. The number of dihydropyridines is 1. The molecule has 0 fully saturated rings. The van der Waals surface area contributed by atoms with Gasteiger partial charge in [0.15, 0.2) is 0 Å². The van der Waals surface area contributed by atoms with E-state index < -0.39 is 17.9 Å². The Morgan fingerprint density at radius 1 is 0.816 bits per heavy atom. The van der Waals surface area contributed by atoms with Crippen molar-refractivity contribution in [3.05, 3.63) is 63.5 Å². The highest BCUT2D eigenvalue weighted by molar-refractivity contribution is 6.00. The van der Waals surface area contributed by atoms with Crippen LogP contribution in [0.1, 0.15) is 97.1 Å². The van der Waals surface area contributed by atoms with E-state index in [4.69, 9.17) is 14.2 Å². The van der Waals surface area contributed by atoms with Crippen LogP contribution in [-0.4, -0.2) is 37.7 Å². The number of unbranched alkanes of at least 4 members (excludes halogenated alkanes) is 5. The minimum absolute atomic E-state index is 0.199. The molecule has 0 amide bonds. The maximum Gasteiger partial charge on any atom is 0.336 e. The Morgan fingerprint density at radius 3 is 1.95 bits per heavy atom.